The molecule has 0 aliphatic carbocycles. The second-order valence-electron chi connectivity index (χ2n) is 4.85. The molecule has 2 aromatic rings. The maximum atomic E-state index is 12.6. The minimum atomic E-state index is -0.456. The predicted molar refractivity (Wildman–Crippen MR) is 87.4 cm³/mol. The minimum absolute atomic E-state index is 0.00955. The minimum Gasteiger partial charge on any atom is -0.494 e. The number of carbonyl (C=O) groups is 1. The number of nitrogens with zero attached hydrogens (tertiary/aromatic N) is 2. The molecule has 6 heteroatoms. The van der Waals surface area contributed by atoms with E-state index < -0.39 is 5.56 Å². The van der Waals surface area contributed by atoms with Gasteiger partial charge in [-0.05, 0) is 24.6 Å². The van der Waals surface area contributed by atoms with Crippen LogP contribution in [0.5, 0.6) is 5.75 Å². The van der Waals surface area contributed by atoms with Crippen LogP contribution < -0.4 is 10.3 Å². The zero-order valence-electron chi connectivity index (χ0n) is 13.0. The smallest absolute Gasteiger partial charge is 0.263 e. The number of H-pyrrole nitrogens is 1. The Bertz CT molecular complexity index is 740. The number of carbonyl (C=O) groups excluding carboxylic acids is 1. The highest BCUT2D eigenvalue weighted by atomic mass is 16.5. The maximum Gasteiger partial charge on any atom is 0.263 e. The van der Waals surface area contributed by atoms with Gasteiger partial charge in [-0.25, -0.2) is 4.98 Å². The van der Waals surface area contributed by atoms with Gasteiger partial charge in [0.25, 0.3) is 11.5 Å². The molecule has 23 heavy (non-hydrogen) atoms. The third kappa shape index (κ3) is 4.29. The quantitative estimate of drug-likeness (QED) is 0.793. The largest absolute Gasteiger partial charge is 0.494 e. The number of benzene rings is 1. The predicted octanol–water partition coefficient (Wildman–Crippen LogP) is 2.00. The van der Waals surface area contributed by atoms with Crippen molar-refractivity contribution in [3.05, 3.63) is 70.9 Å². The number of aromatic nitrogens is 2. The molecule has 0 aliphatic rings. The van der Waals surface area contributed by atoms with E-state index in [4.69, 9.17) is 4.74 Å². The van der Waals surface area contributed by atoms with Crippen LogP contribution in [0.3, 0.4) is 0 Å². The fourth-order valence-corrected chi connectivity index (χ4v) is 2.16. The average molecular weight is 313 g/mol. The third-order valence-electron chi connectivity index (χ3n) is 3.17. The zero-order valence-corrected chi connectivity index (χ0v) is 13.0. The molecule has 0 unspecified atom stereocenters. The lowest BCUT2D eigenvalue weighted by Gasteiger charge is -2.21. The fraction of sp³-hybridized carbons (Fsp3) is 0.235. The molecule has 1 N–H and O–H groups in total. The number of amides is 1. The molecule has 0 fully saturated rings. The van der Waals surface area contributed by atoms with Crippen molar-refractivity contribution in [1.29, 1.82) is 0 Å². The van der Waals surface area contributed by atoms with Crippen molar-refractivity contribution in [2.24, 2.45) is 0 Å². The van der Waals surface area contributed by atoms with Crippen LogP contribution in [0.1, 0.15) is 22.8 Å². The van der Waals surface area contributed by atoms with Gasteiger partial charge < -0.3 is 14.6 Å². The summed E-state index contributed by atoms with van der Waals surface area (Å²) in [4.78, 5) is 32.1. The van der Waals surface area contributed by atoms with Crippen molar-refractivity contribution in [1.82, 2.24) is 14.9 Å². The SMILES string of the molecule is C=CCN(Cc1cccc(OCC)c1)C(=O)c1cnc[nH]c1=O. The van der Waals surface area contributed by atoms with Crippen LogP contribution in [0.25, 0.3) is 0 Å². The van der Waals surface area contributed by atoms with Crippen molar-refractivity contribution in [3.8, 4) is 5.75 Å². The van der Waals surface area contributed by atoms with Crippen LogP contribution >= 0.6 is 0 Å². The topological polar surface area (TPSA) is 75.3 Å². The molecule has 1 amide bonds. The molecular formula is C17H19N3O3. The second kappa shape index (κ2) is 7.93. The first-order valence-electron chi connectivity index (χ1n) is 7.30. The normalized spacial score (nSPS) is 10.1. The van der Waals surface area contributed by atoms with E-state index in [1.165, 1.54) is 17.4 Å². The summed E-state index contributed by atoms with van der Waals surface area (Å²) in [5, 5.41) is 0. The van der Waals surface area contributed by atoms with E-state index in [0.717, 1.165) is 11.3 Å². The molecular weight excluding hydrogens is 294 g/mol. The Kier molecular flexibility index (Phi) is 5.68. The number of nitrogens with one attached hydrogen (secondary N) is 1. The summed E-state index contributed by atoms with van der Waals surface area (Å²) < 4.78 is 5.46. The molecule has 6 nitrogen and oxygen atoms in total. The summed E-state index contributed by atoms with van der Waals surface area (Å²) in [7, 11) is 0. The molecule has 2 rings (SSSR count). The molecule has 1 heterocycles. The lowest BCUT2D eigenvalue weighted by molar-refractivity contribution is 0.0760. The Morgan fingerprint density at radius 2 is 2.30 bits per heavy atom. The van der Waals surface area contributed by atoms with E-state index in [2.05, 4.69) is 16.5 Å². The van der Waals surface area contributed by atoms with Gasteiger partial charge in [0, 0.05) is 19.3 Å². The van der Waals surface area contributed by atoms with Gasteiger partial charge in [-0.15, -0.1) is 6.58 Å². The van der Waals surface area contributed by atoms with Crippen molar-refractivity contribution >= 4 is 5.91 Å². The van der Waals surface area contributed by atoms with Gasteiger partial charge in [-0.1, -0.05) is 18.2 Å². The fourth-order valence-electron chi connectivity index (χ4n) is 2.16. The maximum absolute atomic E-state index is 12.6. The number of ether oxygens (including phenoxy) is 1. The summed E-state index contributed by atoms with van der Waals surface area (Å²) in [5.41, 5.74) is 0.462. The Balaban J connectivity index is 2.23. The molecule has 0 atom stereocenters. The molecule has 0 saturated heterocycles. The summed E-state index contributed by atoms with van der Waals surface area (Å²) in [6, 6.07) is 7.51. The second-order valence-corrected chi connectivity index (χ2v) is 4.85. The van der Waals surface area contributed by atoms with E-state index in [9.17, 15) is 9.59 Å². The van der Waals surface area contributed by atoms with E-state index >= 15 is 0 Å². The molecule has 1 aromatic carbocycles. The Hall–Kier alpha value is -2.89. The highest BCUT2D eigenvalue weighted by Gasteiger charge is 2.18. The van der Waals surface area contributed by atoms with Crippen molar-refractivity contribution in [3.63, 3.8) is 0 Å². The number of aromatic amines is 1. The lowest BCUT2D eigenvalue weighted by atomic mass is 10.2. The first kappa shape index (κ1) is 16.5. The Morgan fingerprint density at radius 1 is 1.48 bits per heavy atom. The van der Waals surface area contributed by atoms with Crippen LogP contribution in [-0.4, -0.2) is 33.9 Å². The summed E-state index contributed by atoms with van der Waals surface area (Å²) in [6.45, 7) is 6.83. The van der Waals surface area contributed by atoms with E-state index in [1.54, 1.807) is 6.08 Å². The van der Waals surface area contributed by atoms with Crippen LogP contribution in [0.2, 0.25) is 0 Å². The van der Waals surface area contributed by atoms with Crippen LogP contribution in [-0.2, 0) is 6.54 Å². The van der Waals surface area contributed by atoms with Crippen LogP contribution in [0.4, 0.5) is 0 Å². The number of rotatable bonds is 7. The summed E-state index contributed by atoms with van der Waals surface area (Å²) in [5.74, 6) is 0.358. The van der Waals surface area contributed by atoms with Crippen molar-refractivity contribution in [2.45, 2.75) is 13.5 Å². The van der Waals surface area contributed by atoms with Crippen LogP contribution in [0.15, 0.2) is 54.2 Å². The summed E-state index contributed by atoms with van der Waals surface area (Å²) in [6.07, 6.45) is 4.14. The van der Waals surface area contributed by atoms with Gasteiger partial charge >= 0.3 is 0 Å². The standard InChI is InChI=1S/C17H19N3O3/c1-3-8-20(17(22)15-10-18-12-19-16(15)21)11-13-6-5-7-14(9-13)23-4-2/h3,5-7,9-10,12H,1,4,8,11H2,2H3,(H,18,19,21). The highest BCUT2D eigenvalue weighted by Crippen LogP contribution is 2.15. The number of hydrogen-bond donors (Lipinski definition) is 1. The Morgan fingerprint density at radius 3 is 3.00 bits per heavy atom. The highest BCUT2D eigenvalue weighted by molar-refractivity contribution is 5.93. The Labute approximate surface area is 134 Å². The van der Waals surface area contributed by atoms with Crippen LogP contribution in [0, 0.1) is 0 Å². The molecule has 0 radical (unpaired) electrons. The molecule has 0 aliphatic heterocycles. The van der Waals surface area contributed by atoms with Gasteiger partial charge in [0.15, 0.2) is 0 Å². The first-order chi connectivity index (χ1) is 11.2. The van der Waals surface area contributed by atoms with Gasteiger partial charge in [0.2, 0.25) is 0 Å². The molecule has 120 valence electrons. The third-order valence-corrected chi connectivity index (χ3v) is 3.17. The molecule has 0 bridgehead atoms. The van der Waals surface area contributed by atoms with Gasteiger partial charge in [0.1, 0.15) is 11.3 Å². The monoisotopic (exact) mass is 313 g/mol. The van der Waals surface area contributed by atoms with Crippen molar-refractivity contribution in [2.75, 3.05) is 13.2 Å². The molecule has 1 aromatic heterocycles. The van der Waals surface area contributed by atoms with Crippen molar-refractivity contribution < 1.29 is 9.53 Å². The first-order valence-corrected chi connectivity index (χ1v) is 7.30. The zero-order chi connectivity index (χ0) is 16.7. The van der Waals surface area contributed by atoms with E-state index in [1.807, 2.05) is 31.2 Å². The number of hydrogen-bond acceptors (Lipinski definition) is 4. The van der Waals surface area contributed by atoms with E-state index in [0.29, 0.717) is 19.7 Å². The van der Waals surface area contributed by atoms with Gasteiger partial charge in [0.05, 0.1) is 12.9 Å². The van der Waals surface area contributed by atoms with E-state index in [-0.39, 0.29) is 11.5 Å². The summed E-state index contributed by atoms with van der Waals surface area (Å²) >= 11 is 0. The molecule has 0 saturated carbocycles. The van der Waals surface area contributed by atoms with Gasteiger partial charge in [-0.3, -0.25) is 9.59 Å². The average Bonchev–Trinajstić information content (AvgIpc) is 2.55. The lowest BCUT2D eigenvalue weighted by Crippen LogP contribution is -2.34. The van der Waals surface area contributed by atoms with Gasteiger partial charge in [-0.2, -0.15) is 0 Å². The molecule has 0 spiro atoms.